The van der Waals surface area contributed by atoms with Crippen LogP contribution in [-0.4, -0.2) is 40.0 Å². The van der Waals surface area contributed by atoms with Gasteiger partial charge in [-0.15, -0.1) is 0 Å². The number of nitrogens with one attached hydrogen (secondary N) is 2. The van der Waals surface area contributed by atoms with E-state index in [-0.39, 0.29) is 23.7 Å². The average Bonchev–Trinajstić information content (AvgIpc) is 3.16. The molecular formula is C21H24N4O3S. The Morgan fingerprint density at radius 1 is 1.14 bits per heavy atom. The molecule has 1 saturated carbocycles. The van der Waals surface area contributed by atoms with E-state index < -0.39 is 4.92 Å². The van der Waals surface area contributed by atoms with E-state index in [0.717, 1.165) is 24.9 Å². The number of benzene rings is 2. The number of amides is 1. The van der Waals surface area contributed by atoms with Gasteiger partial charge in [-0.3, -0.25) is 14.9 Å². The summed E-state index contributed by atoms with van der Waals surface area (Å²) in [5.74, 6) is -0.156. The van der Waals surface area contributed by atoms with E-state index >= 15 is 0 Å². The quantitative estimate of drug-likeness (QED) is 0.440. The predicted octanol–water partition coefficient (Wildman–Crippen LogP) is 3.88. The molecule has 0 saturated heterocycles. The van der Waals surface area contributed by atoms with Gasteiger partial charge in [-0.05, 0) is 62.7 Å². The number of carbonyl (C=O) groups excluding carboxylic acids is 1. The molecule has 0 heterocycles. The highest BCUT2D eigenvalue weighted by atomic mass is 32.1. The Morgan fingerprint density at radius 2 is 1.79 bits per heavy atom. The van der Waals surface area contributed by atoms with Crippen molar-refractivity contribution in [2.24, 2.45) is 0 Å². The summed E-state index contributed by atoms with van der Waals surface area (Å²) in [6.07, 6.45) is 2.78. The van der Waals surface area contributed by atoms with Crippen LogP contribution in [0.3, 0.4) is 0 Å². The molecule has 3 rings (SSSR count). The van der Waals surface area contributed by atoms with E-state index in [4.69, 9.17) is 12.2 Å². The fraction of sp³-hybridized carbons (Fsp3) is 0.333. The lowest BCUT2D eigenvalue weighted by atomic mass is 10.1. The standard InChI is InChI=1S/C21H24N4O3S/c1-14-6-10-16(11-7-14)22-21(29)23-18-4-3-5-19(18)24(2)20(26)15-8-12-17(13-9-15)25(27)28/h6-13,18-19H,3-5H2,1-2H3,(H2,22,23,29). The van der Waals surface area contributed by atoms with Gasteiger partial charge >= 0.3 is 0 Å². The molecule has 29 heavy (non-hydrogen) atoms. The summed E-state index contributed by atoms with van der Waals surface area (Å²) in [4.78, 5) is 24.9. The third-order valence-electron chi connectivity index (χ3n) is 5.25. The van der Waals surface area contributed by atoms with Crippen molar-refractivity contribution in [3.8, 4) is 0 Å². The molecule has 2 atom stereocenters. The zero-order valence-electron chi connectivity index (χ0n) is 16.4. The van der Waals surface area contributed by atoms with Crippen molar-refractivity contribution in [3.05, 3.63) is 69.8 Å². The molecule has 152 valence electrons. The van der Waals surface area contributed by atoms with Crippen molar-refractivity contribution in [2.75, 3.05) is 12.4 Å². The molecule has 1 fully saturated rings. The monoisotopic (exact) mass is 412 g/mol. The largest absolute Gasteiger partial charge is 0.358 e. The van der Waals surface area contributed by atoms with E-state index in [9.17, 15) is 14.9 Å². The van der Waals surface area contributed by atoms with E-state index in [0.29, 0.717) is 10.7 Å². The summed E-state index contributed by atoms with van der Waals surface area (Å²) in [6, 6.07) is 13.7. The summed E-state index contributed by atoms with van der Waals surface area (Å²) >= 11 is 5.45. The summed E-state index contributed by atoms with van der Waals surface area (Å²) in [7, 11) is 1.77. The van der Waals surface area contributed by atoms with Crippen molar-refractivity contribution >= 4 is 34.6 Å². The van der Waals surface area contributed by atoms with Crippen molar-refractivity contribution in [1.82, 2.24) is 10.2 Å². The molecular weight excluding hydrogens is 388 g/mol. The molecule has 2 unspecified atom stereocenters. The third-order valence-corrected chi connectivity index (χ3v) is 5.47. The first-order chi connectivity index (χ1) is 13.8. The lowest BCUT2D eigenvalue weighted by Crippen LogP contribution is -2.50. The number of likely N-dealkylation sites (N-methyl/N-ethyl adjacent to an activating group) is 1. The minimum Gasteiger partial charge on any atom is -0.358 e. The molecule has 8 heteroatoms. The van der Waals surface area contributed by atoms with Gasteiger partial charge in [-0.25, -0.2) is 0 Å². The molecule has 1 aliphatic carbocycles. The zero-order valence-corrected chi connectivity index (χ0v) is 17.2. The first-order valence-electron chi connectivity index (χ1n) is 9.51. The van der Waals surface area contributed by atoms with Crippen LogP contribution in [-0.2, 0) is 0 Å². The average molecular weight is 413 g/mol. The lowest BCUT2D eigenvalue weighted by Gasteiger charge is -2.31. The predicted molar refractivity (Wildman–Crippen MR) is 117 cm³/mol. The van der Waals surface area contributed by atoms with Crippen LogP contribution in [0, 0.1) is 17.0 Å². The van der Waals surface area contributed by atoms with Gasteiger partial charge in [-0.1, -0.05) is 17.7 Å². The van der Waals surface area contributed by atoms with Crippen LogP contribution in [0.4, 0.5) is 11.4 Å². The third kappa shape index (κ3) is 5.08. The number of nitro benzene ring substituents is 1. The number of anilines is 1. The fourth-order valence-corrected chi connectivity index (χ4v) is 3.89. The highest BCUT2D eigenvalue weighted by Crippen LogP contribution is 2.25. The smallest absolute Gasteiger partial charge is 0.269 e. The van der Waals surface area contributed by atoms with Gasteiger partial charge in [0.1, 0.15) is 0 Å². The topological polar surface area (TPSA) is 87.5 Å². The molecule has 0 aromatic heterocycles. The molecule has 2 N–H and O–H groups in total. The number of nitrogens with zero attached hydrogens (tertiary/aromatic N) is 2. The fourth-order valence-electron chi connectivity index (χ4n) is 3.62. The number of hydrogen-bond acceptors (Lipinski definition) is 4. The maximum absolute atomic E-state index is 12.8. The van der Waals surface area contributed by atoms with Gasteiger partial charge < -0.3 is 15.5 Å². The Bertz CT molecular complexity index is 899. The normalized spacial score (nSPS) is 18.1. The first kappa shape index (κ1) is 20.7. The second kappa shape index (κ2) is 9.00. The van der Waals surface area contributed by atoms with Crippen molar-refractivity contribution < 1.29 is 9.72 Å². The van der Waals surface area contributed by atoms with E-state index in [1.165, 1.54) is 29.8 Å². The molecule has 1 amide bonds. The second-order valence-corrected chi connectivity index (χ2v) is 7.70. The summed E-state index contributed by atoms with van der Waals surface area (Å²) in [5, 5.41) is 17.9. The van der Waals surface area contributed by atoms with Gasteiger partial charge in [0, 0.05) is 36.5 Å². The van der Waals surface area contributed by atoms with Crippen LogP contribution >= 0.6 is 12.2 Å². The van der Waals surface area contributed by atoms with E-state index in [2.05, 4.69) is 10.6 Å². The Hall–Kier alpha value is -3.00. The Kier molecular flexibility index (Phi) is 6.43. The minimum atomic E-state index is -0.475. The zero-order chi connectivity index (χ0) is 21.0. The Labute approximate surface area is 175 Å². The van der Waals surface area contributed by atoms with Crippen molar-refractivity contribution in [1.29, 1.82) is 0 Å². The maximum atomic E-state index is 12.8. The minimum absolute atomic E-state index is 0.00420. The Morgan fingerprint density at radius 3 is 2.41 bits per heavy atom. The van der Waals surface area contributed by atoms with Crippen LogP contribution in [0.15, 0.2) is 48.5 Å². The van der Waals surface area contributed by atoms with E-state index in [1.807, 2.05) is 31.2 Å². The molecule has 0 aliphatic heterocycles. The summed E-state index contributed by atoms with van der Waals surface area (Å²) in [6.45, 7) is 2.03. The van der Waals surface area contributed by atoms with E-state index in [1.54, 1.807) is 11.9 Å². The van der Waals surface area contributed by atoms with Crippen LogP contribution in [0.25, 0.3) is 0 Å². The van der Waals surface area contributed by atoms with Gasteiger partial charge in [0.2, 0.25) is 0 Å². The van der Waals surface area contributed by atoms with Gasteiger partial charge in [0.25, 0.3) is 11.6 Å². The first-order valence-corrected chi connectivity index (χ1v) is 9.92. The highest BCUT2D eigenvalue weighted by molar-refractivity contribution is 7.80. The molecule has 7 nitrogen and oxygen atoms in total. The molecule has 2 aromatic rings. The van der Waals surface area contributed by atoms with Gasteiger partial charge in [-0.2, -0.15) is 0 Å². The van der Waals surface area contributed by atoms with Crippen molar-refractivity contribution in [3.63, 3.8) is 0 Å². The van der Waals surface area contributed by atoms with Crippen LogP contribution in [0.2, 0.25) is 0 Å². The number of non-ortho nitro benzene ring substituents is 1. The molecule has 1 aliphatic rings. The number of carbonyl (C=O) groups is 1. The summed E-state index contributed by atoms with van der Waals surface area (Å²) in [5.41, 5.74) is 2.50. The number of thiocarbonyl (C=S) groups is 1. The summed E-state index contributed by atoms with van der Waals surface area (Å²) < 4.78 is 0. The van der Waals surface area contributed by atoms with Crippen LogP contribution < -0.4 is 10.6 Å². The Balaban J connectivity index is 1.62. The van der Waals surface area contributed by atoms with Gasteiger partial charge in [0.05, 0.1) is 11.0 Å². The number of hydrogen-bond donors (Lipinski definition) is 2. The maximum Gasteiger partial charge on any atom is 0.269 e. The SMILES string of the molecule is Cc1ccc(NC(=S)NC2CCCC2N(C)C(=O)c2ccc([N+](=O)[O-])cc2)cc1. The molecule has 0 radical (unpaired) electrons. The van der Waals surface area contributed by atoms with Gasteiger partial charge in [0.15, 0.2) is 5.11 Å². The van der Waals surface area contributed by atoms with Crippen molar-refractivity contribution in [2.45, 2.75) is 38.3 Å². The number of rotatable bonds is 5. The molecule has 0 bridgehead atoms. The number of aryl methyl sites for hydroxylation is 1. The number of nitro groups is 1. The second-order valence-electron chi connectivity index (χ2n) is 7.29. The lowest BCUT2D eigenvalue weighted by molar-refractivity contribution is -0.384. The van der Waals surface area contributed by atoms with Crippen LogP contribution in [0.1, 0.15) is 35.2 Å². The molecule has 0 spiro atoms. The molecule has 2 aromatic carbocycles. The van der Waals surface area contributed by atoms with Crippen LogP contribution in [0.5, 0.6) is 0 Å². The highest BCUT2D eigenvalue weighted by Gasteiger charge is 2.33.